The fraction of sp³-hybridized carbons (Fsp3) is 0.400. The van der Waals surface area contributed by atoms with Gasteiger partial charge in [0.25, 0.3) is 0 Å². The highest BCUT2D eigenvalue weighted by molar-refractivity contribution is 6.30. The summed E-state index contributed by atoms with van der Waals surface area (Å²) in [5, 5.41) is 8.67. The first kappa shape index (κ1) is 14.1. The first-order valence-corrected chi connectivity index (χ1v) is 6.99. The molecule has 0 radical (unpaired) electrons. The van der Waals surface area contributed by atoms with Crippen LogP contribution in [0.25, 0.3) is 0 Å². The Morgan fingerprint density at radius 3 is 2.79 bits per heavy atom. The second-order valence-electron chi connectivity index (χ2n) is 4.81. The first-order chi connectivity index (χ1) is 9.15. The van der Waals surface area contributed by atoms with Crippen LogP contribution in [0.4, 0.5) is 0 Å². The quantitative estimate of drug-likeness (QED) is 0.821. The van der Waals surface area contributed by atoms with Crippen molar-refractivity contribution in [3.8, 4) is 0 Å². The molecule has 0 aliphatic heterocycles. The minimum atomic E-state index is 0.793. The molecule has 0 aliphatic rings. The van der Waals surface area contributed by atoms with Gasteiger partial charge in [0.15, 0.2) is 0 Å². The lowest BCUT2D eigenvalue weighted by Gasteiger charge is -2.07. The zero-order valence-electron chi connectivity index (χ0n) is 11.5. The Bertz CT molecular complexity index is 534. The van der Waals surface area contributed by atoms with Gasteiger partial charge in [0.1, 0.15) is 0 Å². The smallest absolute Gasteiger partial charge is 0.0596 e. The summed E-state index contributed by atoms with van der Waals surface area (Å²) in [7, 11) is 0. The molecule has 0 spiro atoms. The summed E-state index contributed by atoms with van der Waals surface area (Å²) in [6.45, 7) is 6.92. The maximum absolute atomic E-state index is 5.95. The fourth-order valence-electron chi connectivity index (χ4n) is 2.13. The van der Waals surface area contributed by atoms with Gasteiger partial charge >= 0.3 is 0 Å². The first-order valence-electron chi connectivity index (χ1n) is 6.61. The molecule has 0 fully saturated rings. The van der Waals surface area contributed by atoms with E-state index < -0.39 is 0 Å². The van der Waals surface area contributed by atoms with E-state index >= 15 is 0 Å². The van der Waals surface area contributed by atoms with Crippen LogP contribution in [0.15, 0.2) is 30.3 Å². The highest BCUT2D eigenvalue weighted by atomic mass is 35.5. The summed E-state index contributed by atoms with van der Waals surface area (Å²) in [4.78, 5) is 0. The minimum Gasteiger partial charge on any atom is -0.313 e. The third kappa shape index (κ3) is 4.37. The van der Waals surface area contributed by atoms with Gasteiger partial charge in [0, 0.05) is 23.8 Å². The summed E-state index contributed by atoms with van der Waals surface area (Å²) in [5.41, 5.74) is 3.54. The topological polar surface area (TPSA) is 29.9 Å². The van der Waals surface area contributed by atoms with Crippen molar-refractivity contribution in [1.29, 1.82) is 0 Å². The van der Waals surface area contributed by atoms with Crippen LogP contribution in [0.3, 0.4) is 0 Å². The zero-order valence-corrected chi connectivity index (χ0v) is 12.2. The van der Waals surface area contributed by atoms with Crippen LogP contribution in [0.1, 0.15) is 23.4 Å². The van der Waals surface area contributed by atoms with Crippen LogP contribution in [0.2, 0.25) is 5.02 Å². The monoisotopic (exact) mass is 277 g/mol. The van der Waals surface area contributed by atoms with Gasteiger partial charge in [-0.05, 0) is 50.6 Å². The second-order valence-corrected chi connectivity index (χ2v) is 5.25. The Hall–Kier alpha value is -1.32. The van der Waals surface area contributed by atoms with E-state index in [0.717, 1.165) is 36.8 Å². The second kappa shape index (κ2) is 6.73. The number of hydrogen-bond donors (Lipinski definition) is 1. The Kier molecular flexibility index (Phi) is 5.00. The summed E-state index contributed by atoms with van der Waals surface area (Å²) >= 11 is 5.95. The third-order valence-electron chi connectivity index (χ3n) is 3.04. The number of hydrogen-bond acceptors (Lipinski definition) is 2. The van der Waals surface area contributed by atoms with Crippen molar-refractivity contribution in [3.63, 3.8) is 0 Å². The van der Waals surface area contributed by atoms with E-state index in [-0.39, 0.29) is 0 Å². The van der Waals surface area contributed by atoms with E-state index in [1.807, 2.05) is 25.1 Å². The molecule has 1 aromatic carbocycles. The van der Waals surface area contributed by atoms with Crippen LogP contribution < -0.4 is 5.32 Å². The number of benzene rings is 1. The number of rotatable bonds is 6. The predicted octanol–water partition coefficient (Wildman–Crippen LogP) is 3.33. The highest BCUT2D eigenvalue weighted by Crippen LogP contribution is 2.10. The van der Waals surface area contributed by atoms with Crippen molar-refractivity contribution in [2.45, 2.75) is 33.4 Å². The van der Waals surface area contributed by atoms with Crippen molar-refractivity contribution >= 4 is 11.6 Å². The molecule has 3 nitrogen and oxygen atoms in total. The lowest BCUT2D eigenvalue weighted by atomic mass is 10.2. The highest BCUT2D eigenvalue weighted by Gasteiger charge is 2.00. The molecule has 2 aromatic rings. The van der Waals surface area contributed by atoms with E-state index in [1.54, 1.807) is 0 Å². The van der Waals surface area contributed by atoms with Crippen LogP contribution in [-0.4, -0.2) is 16.3 Å². The predicted molar refractivity (Wildman–Crippen MR) is 79.5 cm³/mol. The van der Waals surface area contributed by atoms with Gasteiger partial charge < -0.3 is 5.32 Å². The Morgan fingerprint density at radius 1 is 1.26 bits per heavy atom. The van der Waals surface area contributed by atoms with Gasteiger partial charge in [-0.1, -0.05) is 23.7 Å². The fourth-order valence-corrected chi connectivity index (χ4v) is 2.35. The molecule has 0 aliphatic carbocycles. The molecular weight excluding hydrogens is 258 g/mol. The molecule has 0 amide bonds. The van der Waals surface area contributed by atoms with Crippen molar-refractivity contribution < 1.29 is 0 Å². The van der Waals surface area contributed by atoms with Gasteiger partial charge in [0.05, 0.1) is 5.69 Å². The number of halogens is 1. The maximum Gasteiger partial charge on any atom is 0.0596 e. The van der Waals surface area contributed by atoms with E-state index in [2.05, 4.69) is 34.2 Å². The van der Waals surface area contributed by atoms with E-state index in [4.69, 9.17) is 11.6 Å². The van der Waals surface area contributed by atoms with Gasteiger partial charge in [0.2, 0.25) is 0 Å². The van der Waals surface area contributed by atoms with E-state index in [9.17, 15) is 0 Å². The van der Waals surface area contributed by atoms with Crippen LogP contribution in [-0.2, 0) is 13.1 Å². The Balaban J connectivity index is 1.69. The van der Waals surface area contributed by atoms with Crippen molar-refractivity contribution in [2.24, 2.45) is 0 Å². The molecule has 0 saturated carbocycles. The molecule has 2 rings (SSSR count). The van der Waals surface area contributed by atoms with Gasteiger partial charge in [-0.25, -0.2) is 0 Å². The van der Waals surface area contributed by atoms with Gasteiger partial charge in [-0.2, -0.15) is 5.10 Å². The zero-order chi connectivity index (χ0) is 13.7. The lowest BCUT2D eigenvalue weighted by Crippen LogP contribution is -2.17. The number of aromatic nitrogens is 2. The maximum atomic E-state index is 5.95. The third-order valence-corrected chi connectivity index (χ3v) is 3.28. The number of aryl methyl sites for hydroxylation is 3. The molecule has 1 N–H and O–H groups in total. The normalized spacial score (nSPS) is 10.9. The molecule has 0 unspecified atom stereocenters. The van der Waals surface area contributed by atoms with Crippen LogP contribution in [0.5, 0.6) is 0 Å². The van der Waals surface area contributed by atoms with Gasteiger partial charge in [-0.3, -0.25) is 4.68 Å². The molecule has 1 aromatic heterocycles. The van der Waals surface area contributed by atoms with Crippen molar-refractivity contribution in [3.05, 3.63) is 52.3 Å². The lowest BCUT2D eigenvalue weighted by molar-refractivity contribution is 0.532. The van der Waals surface area contributed by atoms with Crippen molar-refractivity contribution in [2.75, 3.05) is 6.54 Å². The molecule has 0 bridgehead atoms. The summed E-state index contributed by atoms with van der Waals surface area (Å²) in [6.07, 6.45) is 1.07. The largest absolute Gasteiger partial charge is 0.313 e. The molecule has 0 atom stereocenters. The minimum absolute atomic E-state index is 0.793. The number of nitrogens with zero attached hydrogens (tertiary/aromatic N) is 2. The van der Waals surface area contributed by atoms with Crippen LogP contribution >= 0.6 is 11.6 Å². The molecular formula is C15H20ClN3. The molecule has 19 heavy (non-hydrogen) atoms. The Morgan fingerprint density at radius 2 is 2.11 bits per heavy atom. The summed E-state index contributed by atoms with van der Waals surface area (Å²) in [5.74, 6) is 0. The molecule has 1 heterocycles. The van der Waals surface area contributed by atoms with E-state index in [0.29, 0.717) is 0 Å². The summed E-state index contributed by atoms with van der Waals surface area (Å²) in [6, 6.07) is 10.1. The molecule has 102 valence electrons. The number of nitrogens with one attached hydrogen (secondary N) is 1. The summed E-state index contributed by atoms with van der Waals surface area (Å²) < 4.78 is 2.07. The molecule has 0 saturated heterocycles. The van der Waals surface area contributed by atoms with Crippen molar-refractivity contribution in [1.82, 2.24) is 15.1 Å². The average Bonchev–Trinajstić information content (AvgIpc) is 2.68. The Labute approximate surface area is 119 Å². The SMILES string of the molecule is Cc1cc(C)n(CCCNCc2cccc(Cl)c2)n1. The van der Waals surface area contributed by atoms with E-state index in [1.165, 1.54) is 11.3 Å². The van der Waals surface area contributed by atoms with Crippen LogP contribution in [0, 0.1) is 13.8 Å². The average molecular weight is 278 g/mol. The standard InChI is InChI=1S/C15H20ClN3/c1-12-9-13(2)19(18-12)8-4-7-17-11-14-5-3-6-15(16)10-14/h3,5-6,9-10,17H,4,7-8,11H2,1-2H3. The van der Waals surface area contributed by atoms with Gasteiger partial charge in [-0.15, -0.1) is 0 Å². The molecule has 4 heteroatoms.